The Morgan fingerprint density at radius 2 is 2.12 bits per heavy atom. The molecular formula is C21H25N3O. The fourth-order valence-electron chi connectivity index (χ4n) is 4.00. The van der Waals surface area contributed by atoms with Gasteiger partial charge in [0.1, 0.15) is 5.75 Å². The molecule has 3 aromatic rings. The predicted octanol–water partition coefficient (Wildman–Crippen LogP) is 3.84. The molecule has 1 aliphatic heterocycles. The van der Waals surface area contributed by atoms with Crippen molar-refractivity contribution in [2.24, 2.45) is 0 Å². The van der Waals surface area contributed by atoms with Crippen LogP contribution in [0.25, 0.3) is 10.9 Å². The van der Waals surface area contributed by atoms with Gasteiger partial charge in [-0.1, -0.05) is 6.07 Å². The lowest BCUT2D eigenvalue weighted by molar-refractivity contribution is 0.245. The molecule has 1 aromatic carbocycles. The quantitative estimate of drug-likeness (QED) is 0.726. The van der Waals surface area contributed by atoms with Crippen molar-refractivity contribution in [3.8, 4) is 5.75 Å². The fraction of sp³-hybridized carbons (Fsp3) is 0.381. The maximum Gasteiger partial charge on any atom is 0.119 e. The zero-order valence-corrected chi connectivity index (χ0v) is 15.2. The van der Waals surface area contributed by atoms with E-state index in [-0.39, 0.29) is 0 Å². The Balaban J connectivity index is 1.80. The number of nitrogens with zero attached hydrogens (tertiary/aromatic N) is 3. The van der Waals surface area contributed by atoms with Crippen LogP contribution in [0, 0.1) is 0 Å². The van der Waals surface area contributed by atoms with Crippen molar-refractivity contribution in [3.63, 3.8) is 0 Å². The number of pyridine rings is 1. The Labute approximate surface area is 149 Å². The normalized spacial score (nSPS) is 17.6. The lowest BCUT2D eigenvalue weighted by Crippen LogP contribution is -2.31. The van der Waals surface area contributed by atoms with Crippen LogP contribution in [0.15, 0.2) is 42.6 Å². The highest BCUT2D eigenvalue weighted by Gasteiger charge is 2.28. The lowest BCUT2D eigenvalue weighted by Gasteiger charge is -2.31. The molecule has 0 amide bonds. The second kappa shape index (κ2) is 6.52. The third-order valence-electron chi connectivity index (χ3n) is 5.52. The van der Waals surface area contributed by atoms with Gasteiger partial charge in [0, 0.05) is 60.5 Å². The van der Waals surface area contributed by atoms with E-state index in [0.29, 0.717) is 6.04 Å². The number of rotatable bonds is 4. The molecule has 4 heteroatoms. The summed E-state index contributed by atoms with van der Waals surface area (Å²) in [5, 5.41) is 1.33. The fourth-order valence-corrected chi connectivity index (χ4v) is 4.00. The summed E-state index contributed by atoms with van der Waals surface area (Å²) in [6.45, 7) is 4.37. The molecule has 4 nitrogen and oxygen atoms in total. The van der Waals surface area contributed by atoms with E-state index in [0.717, 1.165) is 37.4 Å². The van der Waals surface area contributed by atoms with Crippen LogP contribution in [0.1, 0.15) is 29.9 Å². The largest absolute Gasteiger partial charge is 0.497 e. The first-order valence-corrected chi connectivity index (χ1v) is 8.98. The van der Waals surface area contributed by atoms with Gasteiger partial charge in [-0.2, -0.15) is 0 Å². The summed E-state index contributed by atoms with van der Waals surface area (Å²) < 4.78 is 7.98. The van der Waals surface area contributed by atoms with Gasteiger partial charge in [-0.3, -0.25) is 9.88 Å². The van der Waals surface area contributed by atoms with Crippen molar-refractivity contribution in [1.82, 2.24) is 14.5 Å². The zero-order valence-electron chi connectivity index (χ0n) is 15.2. The third-order valence-corrected chi connectivity index (χ3v) is 5.52. The van der Waals surface area contributed by atoms with Crippen molar-refractivity contribution < 1.29 is 4.74 Å². The highest BCUT2D eigenvalue weighted by molar-refractivity contribution is 5.87. The highest BCUT2D eigenvalue weighted by atomic mass is 16.5. The lowest BCUT2D eigenvalue weighted by atomic mass is 9.97. The second-order valence-corrected chi connectivity index (χ2v) is 6.87. The minimum absolute atomic E-state index is 0.425. The van der Waals surface area contributed by atoms with Gasteiger partial charge >= 0.3 is 0 Å². The first-order valence-electron chi connectivity index (χ1n) is 8.98. The molecule has 0 saturated carbocycles. The molecule has 130 valence electrons. The summed E-state index contributed by atoms with van der Waals surface area (Å²) in [4.78, 5) is 6.92. The van der Waals surface area contributed by atoms with Crippen LogP contribution in [0.5, 0.6) is 5.75 Å². The number of likely N-dealkylation sites (N-methyl/N-ethyl adjacent to an activating group) is 1. The third kappa shape index (κ3) is 2.81. The molecular weight excluding hydrogens is 310 g/mol. The van der Waals surface area contributed by atoms with Crippen LogP contribution in [0.4, 0.5) is 0 Å². The molecule has 0 aliphatic carbocycles. The van der Waals surface area contributed by atoms with Gasteiger partial charge < -0.3 is 9.30 Å². The first-order chi connectivity index (χ1) is 12.2. The van der Waals surface area contributed by atoms with Crippen molar-refractivity contribution in [3.05, 3.63) is 59.5 Å². The van der Waals surface area contributed by atoms with Crippen LogP contribution < -0.4 is 4.74 Å². The van der Waals surface area contributed by atoms with Crippen molar-refractivity contribution in [2.45, 2.75) is 32.4 Å². The number of ether oxygens (including phenoxy) is 1. The van der Waals surface area contributed by atoms with E-state index in [9.17, 15) is 0 Å². The Morgan fingerprint density at radius 1 is 1.24 bits per heavy atom. The van der Waals surface area contributed by atoms with E-state index in [2.05, 4.69) is 58.8 Å². The van der Waals surface area contributed by atoms with Gasteiger partial charge in [-0.25, -0.2) is 0 Å². The highest BCUT2D eigenvalue weighted by Crippen LogP contribution is 2.38. The summed E-state index contributed by atoms with van der Waals surface area (Å²) >= 11 is 0. The average Bonchev–Trinajstić information content (AvgIpc) is 2.97. The van der Waals surface area contributed by atoms with E-state index in [1.807, 2.05) is 12.3 Å². The summed E-state index contributed by atoms with van der Waals surface area (Å²) in [5.41, 5.74) is 5.39. The van der Waals surface area contributed by atoms with Crippen LogP contribution in [-0.2, 0) is 19.4 Å². The van der Waals surface area contributed by atoms with Gasteiger partial charge in [0.25, 0.3) is 0 Å². The maximum absolute atomic E-state index is 5.48. The van der Waals surface area contributed by atoms with Gasteiger partial charge in [-0.15, -0.1) is 0 Å². The van der Waals surface area contributed by atoms with E-state index < -0.39 is 0 Å². The molecule has 2 aromatic heterocycles. The van der Waals surface area contributed by atoms with E-state index in [4.69, 9.17) is 4.74 Å². The van der Waals surface area contributed by atoms with Crippen molar-refractivity contribution >= 4 is 10.9 Å². The predicted molar refractivity (Wildman–Crippen MR) is 101 cm³/mol. The molecule has 0 N–H and O–H groups in total. The van der Waals surface area contributed by atoms with E-state index in [1.165, 1.54) is 22.2 Å². The zero-order chi connectivity index (χ0) is 17.4. The molecule has 0 fully saturated rings. The molecule has 1 aliphatic rings. The molecule has 25 heavy (non-hydrogen) atoms. The Bertz CT molecular complexity index is 885. The molecule has 0 radical (unpaired) electrons. The van der Waals surface area contributed by atoms with Crippen LogP contribution in [-0.4, -0.2) is 35.2 Å². The molecule has 3 heterocycles. The summed E-state index contributed by atoms with van der Waals surface area (Å²) in [7, 11) is 3.95. The number of benzene rings is 1. The van der Waals surface area contributed by atoms with Crippen LogP contribution in [0.3, 0.4) is 0 Å². The van der Waals surface area contributed by atoms with Crippen molar-refractivity contribution in [1.29, 1.82) is 0 Å². The first kappa shape index (κ1) is 16.2. The Hall–Kier alpha value is -2.33. The summed E-state index contributed by atoms with van der Waals surface area (Å²) in [5.74, 6) is 0.928. The number of aryl methyl sites for hydroxylation is 2. The minimum Gasteiger partial charge on any atom is -0.497 e. The SMILES string of the molecule is COc1ccc2c(c1)c1c(n2CCc2ccccn2)CCN(C)C1C. The smallest absolute Gasteiger partial charge is 0.119 e. The van der Waals surface area contributed by atoms with Gasteiger partial charge in [0.05, 0.1) is 7.11 Å². The van der Waals surface area contributed by atoms with E-state index in [1.54, 1.807) is 7.11 Å². The number of hydrogen-bond acceptors (Lipinski definition) is 3. The van der Waals surface area contributed by atoms with Gasteiger partial charge in [0.15, 0.2) is 0 Å². The number of aromatic nitrogens is 2. The molecule has 4 rings (SSSR count). The Morgan fingerprint density at radius 3 is 2.88 bits per heavy atom. The van der Waals surface area contributed by atoms with Gasteiger partial charge in [0.2, 0.25) is 0 Å². The number of fused-ring (bicyclic) bond motifs is 3. The van der Waals surface area contributed by atoms with E-state index >= 15 is 0 Å². The second-order valence-electron chi connectivity index (χ2n) is 6.87. The standard InChI is InChI=1S/C21H25N3O/c1-15-21-18-14-17(25-3)7-8-19(18)24(20(21)10-12-23(15)2)13-9-16-6-4-5-11-22-16/h4-8,11,14-15H,9-10,12-13H2,1-3H3. The Kier molecular flexibility index (Phi) is 4.22. The topological polar surface area (TPSA) is 30.3 Å². The minimum atomic E-state index is 0.425. The average molecular weight is 335 g/mol. The summed E-state index contributed by atoms with van der Waals surface area (Å²) in [6.07, 6.45) is 3.92. The molecule has 0 bridgehead atoms. The molecule has 1 atom stereocenters. The summed E-state index contributed by atoms with van der Waals surface area (Å²) in [6, 6.07) is 13.0. The maximum atomic E-state index is 5.48. The van der Waals surface area contributed by atoms with Crippen molar-refractivity contribution in [2.75, 3.05) is 20.7 Å². The molecule has 0 spiro atoms. The number of methoxy groups -OCH3 is 1. The molecule has 0 saturated heterocycles. The monoisotopic (exact) mass is 335 g/mol. The number of hydrogen-bond donors (Lipinski definition) is 0. The molecule has 1 unspecified atom stereocenters. The van der Waals surface area contributed by atoms with Crippen LogP contribution >= 0.6 is 0 Å². The van der Waals surface area contributed by atoms with Crippen LogP contribution in [0.2, 0.25) is 0 Å². The van der Waals surface area contributed by atoms with Gasteiger partial charge in [-0.05, 0) is 49.9 Å².